The Bertz CT molecular complexity index is 1010. The van der Waals surface area contributed by atoms with Crippen LogP contribution < -0.4 is 9.47 Å². The van der Waals surface area contributed by atoms with E-state index < -0.39 is 0 Å². The van der Waals surface area contributed by atoms with Crippen molar-refractivity contribution in [2.45, 2.75) is 12.3 Å². The summed E-state index contributed by atoms with van der Waals surface area (Å²) in [4.78, 5) is 0. The summed E-state index contributed by atoms with van der Waals surface area (Å²) in [5, 5.41) is 20.3. The zero-order valence-corrected chi connectivity index (χ0v) is 16.1. The molecule has 1 heterocycles. The molecule has 0 aromatic heterocycles. The molecular formula is C25H24O4. The Morgan fingerprint density at radius 1 is 0.793 bits per heavy atom. The topological polar surface area (TPSA) is 58.9 Å². The highest BCUT2D eigenvalue weighted by Gasteiger charge is 2.37. The molecule has 4 nitrogen and oxygen atoms in total. The normalized spacial score (nSPS) is 22.3. The van der Waals surface area contributed by atoms with Gasteiger partial charge in [-0.1, -0.05) is 54.6 Å². The molecule has 1 aliphatic heterocycles. The summed E-state index contributed by atoms with van der Waals surface area (Å²) in [5.41, 5.74) is 5.86. The van der Waals surface area contributed by atoms with Crippen molar-refractivity contribution in [2.75, 3.05) is 20.0 Å². The van der Waals surface area contributed by atoms with E-state index in [1.165, 1.54) is 16.7 Å². The molecule has 3 aromatic carbocycles. The SMILES string of the molecule is OCC1Cc2ccc(-c3ccccc3)cc2C(c2ccc3c(c2)OCO3)[C@@H]1CO. The Morgan fingerprint density at radius 2 is 1.62 bits per heavy atom. The van der Waals surface area contributed by atoms with Gasteiger partial charge in [0.25, 0.3) is 0 Å². The summed E-state index contributed by atoms with van der Waals surface area (Å²) in [5.74, 6) is 1.44. The average Bonchev–Trinajstić information content (AvgIpc) is 3.25. The number of rotatable bonds is 4. The van der Waals surface area contributed by atoms with Gasteiger partial charge in [0, 0.05) is 19.1 Å². The second kappa shape index (κ2) is 7.54. The van der Waals surface area contributed by atoms with Gasteiger partial charge in [0.05, 0.1) is 0 Å². The zero-order chi connectivity index (χ0) is 19.8. The lowest BCUT2D eigenvalue weighted by atomic mass is 9.66. The maximum absolute atomic E-state index is 10.3. The van der Waals surface area contributed by atoms with Crippen LogP contribution in [0.25, 0.3) is 11.1 Å². The van der Waals surface area contributed by atoms with Crippen molar-refractivity contribution in [2.24, 2.45) is 11.8 Å². The smallest absolute Gasteiger partial charge is 0.231 e. The Kier molecular flexibility index (Phi) is 4.74. The summed E-state index contributed by atoms with van der Waals surface area (Å²) in [6, 6.07) is 22.9. The maximum atomic E-state index is 10.3. The largest absolute Gasteiger partial charge is 0.454 e. The standard InChI is InChI=1S/C25H24O4/c26-13-20-10-18-7-6-17(16-4-2-1-3-5-16)11-21(18)25(22(20)14-27)19-8-9-23-24(12-19)29-15-28-23/h1-9,11-12,20,22,25-27H,10,13-15H2/t20?,22-,25?/m1/s1. The first-order valence-electron chi connectivity index (χ1n) is 10.1. The highest BCUT2D eigenvalue weighted by molar-refractivity contribution is 5.66. The molecule has 148 valence electrons. The molecule has 0 radical (unpaired) electrons. The molecule has 0 bridgehead atoms. The van der Waals surface area contributed by atoms with Crippen LogP contribution in [0, 0.1) is 11.8 Å². The fourth-order valence-electron chi connectivity index (χ4n) is 4.80. The summed E-state index contributed by atoms with van der Waals surface area (Å²) >= 11 is 0. The highest BCUT2D eigenvalue weighted by atomic mass is 16.7. The van der Waals surface area contributed by atoms with Gasteiger partial charge in [-0.3, -0.25) is 0 Å². The lowest BCUT2D eigenvalue weighted by Crippen LogP contribution is -2.35. The zero-order valence-electron chi connectivity index (χ0n) is 16.1. The van der Waals surface area contributed by atoms with Crippen LogP contribution in [0.4, 0.5) is 0 Å². The van der Waals surface area contributed by atoms with Crippen LogP contribution in [-0.4, -0.2) is 30.2 Å². The van der Waals surface area contributed by atoms with E-state index in [1.54, 1.807) is 0 Å². The van der Waals surface area contributed by atoms with Crippen molar-refractivity contribution in [3.8, 4) is 22.6 Å². The number of aliphatic hydroxyl groups is 2. The van der Waals surface area contributed by atoms with E-state index in [4.69, 9.17) is 9.47 Å². The van der Waals surface area contributed by atoms with Gasteiger partial charge in [0.2, 0.25) is 6.79 Å². The molecule has 2 N–H and O–H groups in total. The van der Waals surface area contributed by atoms with Crippen LogP contribution in [0.15, 0.2) is 66.7 Å². The van der Waals surface area contributed by atoms with Crippen LogP contribution in [0.3, 0.4) is 0 Å². The maximum Gasteiger partial charge on any atom is 0.231 e. The first-order chi connectivity index (χ1) is 14.3. The van der Waals surface area contributed by atoms with Crippen LogP contribution in [0.1, 0.15) is 22.6 Å². The van der Waals surface area contributed by atoms with Gasteiger partial charge < -0.3 is 19.7 Å². The van der Waals surface area contributed by atoms with E-state index >= 15 is 0 Å². The third-order valence-electron chi connectivity index (χ3n) is 6.30. The van der Waals surface area contributed by atoms with Gasteiger partial charge in [-0.25, -0.2) is 0 Å². The second-order valence-corrected chi connectivity index (χ2v) is 7.86. The van der Waals surface area contributed by atoms with Crippen LogP contribution >= 0.6 is 0 Å². The van der Waals surface area contributed by atoms with E-state index in [0.717, 1.165) is 29.0 Å². The third kappa shape index (κ3) is 3.18. The Labute approximate surface area is 170 Å². The van der Waals surface area contributed by atoms with E-state index in [2.05, 4.69) is 36.4 Å². The number of fused-ring (bicyclic) bond motifs is 2. The minimum Gasteiger partial charge on any atom is -0.454 e. The Morgan fingerprint density at radius 3 is 2.41 bits per heavy atom. The van der Waals surface area contributed by atoms with E-state index in [1.807, 2.05) is 30.3 Å². The second-order valence-electron chi connectivity index (χ2n) is 7.86. The van der Waals surface area contributed by atoms with Gasteiger partial charge in [-0.2, -0.15) is 0 Å². The lowest BCUT2D eigenvalue weighted by Gasteiger charge is -2.39. The van der Waals surface area contributed by atoms with Gasteiger partial charge >= 0.3 is 0 Å². The molecule has 2 unspecified atom stereocenters. The van der Waals surface area contributed by atoms with Gasteiger partial charge in [0.1, 0.15) is 0 Å². The number of benzene rings is 3. The van der Waals surface area contributed by atoms with Crippen molar-refractivity contribution < 1.29 is 19.7 Å². The minimum atomic E-state index is -0.0566. The fourth-order valence-corrected chi connectivity index (χ4v) is 4.80. The first kappa shape index (κ1) is 18.2. The Balaban J connectivity index is 1.65. The summed E-state index contributed by atoms with van der Waals surface area (Å²) < 4.78 is 11.1. The molecule has 4 heteroatoms. The fraction of sp³-hybridized carbons (Fsp3) is 0.280. The Hall–Kier alpha value is -2.82. The molecule has 0 saturated heterocycles. The number of hydrogen-bond donors (Lipinski definition) is 2. The van der Waals surface area contributed by atoms with Crippen molar-refractivity contribution in [1.29, 1.82) is 0 Å². The number of aliphatic hydroxyl groups excluding tert-OH is 2. The van der Waals surface area contributed by atoms with E-state index in [-0.39, 0.29) is 37.8 Å². The van der Waals surface area contributed by atoms with Crippen LogP contribution in [0.5, 0.6) is 11.5 Å². The predicted octanol–water partition coefficient (Wildman–Crippen LogP) is 3.99. The van der Waals surface area contributed by atoms with Crippen molar-refractivity contribution in [1.82, 2.24) is 0 Å². The number of hydrogen-bond acceptors (Lipinski definition) is 4. The molecule has 1 aliphatic carbocycles. The van der Waals surface area contributed by atoms with Crippen molar-refractivity contribution >= 4 is 0 Å². The van der Waals surface area contributed by atoms with E-state index in [9.17, 15) is 10.2 Å². The molecule has 3 atom stereocenters. The van der Waals surface area contributed by atoms with Gasteiger partial charge in [-0.05, 0) is 58.2 Å². The molecule has 0 spiro atoms. The van der Waals surface area contributed by atoms with Crippen molar-refractivity contribution in [3.63, 3.8) is 0 Å². The first-order valence-corrected chi connectivity index (χ1v) is 10.1. The highest BCUT2D eigenvalue weighted by Crippen LogP contribution is 2.46. The van der Waals surface area contributed by atoms with Gasteiger partial charge in [-0.15, -0.1) is 0 Å². The molecule has 29 heavy (non-hydrogen) atoms. The summed E-state index contributed by atoms with van der Waals surface area (Å²) in [6.45, 7) is 0.326. The van der Waals surface area contributed by atoms with Crippen LogP contribution in [0.2, 0.25) is 0 Å². The molecule has 2 aliphatic rings. The average molecular weight is 388 g/mol. The number of ether oxygens (including phenoxy) is 2. The van der Waals surface area contributed by atoms with Crippen LogP contribution in [-0.2, 0) is 6.42 Å². The summed E-state index contributed by atoms with van der Waals surface area (Å²) in [7, 11) is 0. The molecular weight excluding hydrogens is 364 g/mol. The van der Waals surface area contributed by atoms with Gasteiger partial charge in [0.15, 0.2) is 11.5 Å². The predicted molar refractivity (Wildman–Crippen MR) is 111 cm³/mol. The molecule has 0 saturated carbocycles. The molecule has 3 aromatic rings. The van der Waals surface area contributed by atoms with E-state index in [0.29, 0.717) is 0 Å². The monoisotopic (exact) mass is 388 g/mol. The minimum absolute atomic E-state index is 0.0148. The quantitative estimate of drug-likeness (QED) is 0.710. The van der Waals surface area contributed by atoms with Crippen molar-refractivity contribution in [3.05, 3.63) is 83.4 Å². The summed E-state index contributed by atoms with van der Waals surface area (Å²) in [6.07, 6.45) is 0.771. The molecule has 0 amide bonds. The third-order valence-corrected chi connectivity index (χ3v) is 6.30. The lowest BCUT2D eigenvalue weighted by molar-refractivity contribution is 0.101. The molecule has 5 rings (SSSR count). The molecule has 0 fully saturated rings.